The smallest absolute Gasteiger partial charge is 0.342 e. The number of carboxylic acids is 1. The number of nitro benzene ring substituents is 1. The summed E-state index contributed by atoms with van der Waals surface area (Å²) in [7, 11) is 0. The molecule has 8 heteroatoms. The van der Waals surface area contributed by atoms with Gasteiger partial charge in [-0.05, 0) is 30.3 Å². The summed E-state index contributed by atoms with van der Waals surface area (Å²) in [4.78, 5) is 20.9. The molecule has 2 N–H and O–H groups in total. The third-order valence-corrected chi connectivity index (χ3v) is 2.87. The van der Waals surface area contributed by atoms with E-state index in [-0.39, 0.29) is 16.4 Å². The minimum Gasteiger partial charge on any atom is -0.477 e. The van der Waals surface area contributed by atoms with Crippen LogP contribution in [0.1, 0.15) is 10.4 Å². The molecule has 0 spiro atoms. The van der Waals surface area contributed by atoms with Crippen molar-refractivity contribution < 1.29 is 19.2 Å². The van der Waals surface area contributed by atoms with Gasteiger partial charge in [0.1, 0.15) is 11.4 Å². The average Bonchev–Trinajstić information content (AvgIpc) is 2.41. The van der Waals surface area contributed by atoms with Gasteiger partial charge in [-0.3, -0.25) is 10.1 Å². The number of nitrogens with one attached hydrogen (secondary N) is 1. The summed E-state index contributed by atoms with van der Waals surface area (Å²) >= 11 is 5.62. The van der Waals surface area contributed by atoms with E-state index in [0.29, 0.717) is 0 Å². The maximum absolute atomic E-state index is 13.6. The first-order chi connectivity index (χ1) is 9.88. The molecule has 0 bridgehead atoms. The Bertz CT molecular complexity index is 736. The highest BCUT2D eigenvalue weighted by Crippen LogP contribution is 2.27. The summed E-state index contributed by atoms with van der Waals surface area (Å²) in [6.07, 6.45) is 0. The minimum atomic E-state index is -1.41. The zero-order chi connectivity index (χ0) is 15.6. The van der Waals surface area contributed by atoms with Crippen LogP contribution < -0.4 is 5.32 Å². The SMILES string of the molecule is O=C(O)c1ccc(Nc2ccc(Cl)cc2F)cc1[N+](=O)[O-]. The number of anilines is 2. The summed E-state index contributed by atoms with van der Waals surface area (Å²) in [5.41, 5.74) is -0.770. The van der Waals surface area contributed by atoms with Crippen molar-refractivity contribution in [2.24, 2.45) is 0 Å². The van der Waals surface area contributed by atoms with Gasteiger partial charge in [-0.15, -0.1) is 0 Å². The molecule has 0 radical (unpaired) electrons. The van der Waals surface area contributed by atoms with Crippen molar-refractivity contribution in [3.63, 3.8) is 0 Å². The standard InChI is InChI=1S/C13H8ClFN2O4/c14-7-1-4-11(10(15)5-7)16-8-2-3-9(13(18)19)12(6-8)17(20)21/h1-6,16H,(H,18,19). The van der Waals surface area contributed by atoms with Crippen molar-refractivity contribution in [3.8, 4) is 0 Å². The highest BCUT2D eigenvalue weighted by Gasteiger charge is 2.20. The summed E-state index contributed by atoms with van der Waals surface area (Å²) in [6, 6.07) is 7.32. The molecular formula is C13H8ClFN2O4. The molecule has 0 saturated heterocycles. The number of benzene rings is 2. The Kier molecular flexibility index (Phi) is 4.04. The van der Waals surface area contributed by atoms with Crippen LogP contribution in [0.5, 0.6) is 0 Å². The fourth-order valence-electron chi connectivity index (χ4n) is 1.69. The Labute approximate surface area is 122 Å². The van der Waals surface area contributed by atoms with Gasteiger partial charge in [0.05, 0.1) is 10.6 Å². The summed E-state index contributed by atoms with van der Waals surface area (Å²) < 4.78 is 13.6. The van der Waals surface area contributed by atoms with Crippen molar-refractivity contribution in [2.45, 2.75) is 0 Å². The Morgan fingerprint density at radius 1 is 1.29 bits per heavy atom. The van der Waals surface area contributed by atoms with Crippen LogP contribution in [0.4, 0.5) is 21.5 Å². The fourth-order valence-corrected chi connectivity index (χ4v) is 1.85. The molecule has 108 valence electrons. The number of aromatic carboxylic acids is 1. The third kappa shape index (κ3) is 3.26. The number of hydrogen-bond acceptors (Lipinski definition) is 4. The van der Waals surface area contributed by atoms with Gasteiger partial charge in [0.15, 0.2) is 0 Å². The van der Waals surface area contributed by atoms with Gasteiger partial charge >= 0.3 is 5.97 Å². The van der Waals surface area contributed by atoms with Gasteiger partial charge in [-0.1, -0.05) is 11.6 Å². The molecule has 6 nitrogen and oxygen atoms in total. The number of carboxylic acid groups (broad SMARTS) is 1. The first-order valence-corrected chi connectivity index (χ1v) is 6.00. The van der Waals surface area contributed by atoms with Crippen LogP contribution in [0.15, 0.2) is 36.4 Å². The second kappa shape index (κ2) is 5.76. The van der Waals surface area contributed by atoms with Crippen LogP contribution in [0, 0.1) is 15.9 Å². The molecule has 2 aromatic carbocycles. The van der Waals surface area contributed by atoms with Gasteiger partial charge in [0, 0.05) is 16.8 Å². The lowest BCUT2D eigenvalue weighted by Gasteiger charge is -2.08. The topological polar surface area (TPSA) is 92.5 Å². The van der Waals surface area contributed by atoms with E-state index in [4.69, 9.17) is 16.7 Å². The highest BCUT2D eigenvalue weighted by atomic mass is 35.5. The van der Waals surface area contributed by atoms with E-state index in [2.05, 4.69) is 5.32 Å². The molecule has 2 aromatic rings. The molecule has 0 heterocycles. The van der Waals surface area contributed by atoms with Gasteiger partial charge in [-0.25, -0.2) is 9.18 Å². The Hall–Kier alpha value is -2.67. The van der Waals surface area contributed by atoms with E-state index in [1.807, 2.05) is 0 Å². The zero-order valence-corrected chi connectivity index (χ0v) is 11.1. The van der Waals surface area contributed by atoms with E-state index < -0.39 is 28.0 Å². The van der Waals surface area contributed by atoms with E-state index in [0.717, 1.165) is 18.2 Å². The fraction of sp³-hybridized carbons (Fsp3) is 0. The first kappa shape index (κ1) is 14.7. The van der Waals surface area contributed by atoms with E-state index in [9.17, 15) is 19.3 Å². The molecule has 0 aliphatic carbocycles. The largest absolute Gasteiger partial charge is 0.477 e. The molecule has 0 atom stereocenters. The van der Waals surface area contributed by atoms with Crippen LogP contribution in [0.25, 0.3) is 0 Å². The van der Waals surface area contributed by atoms with Crippen molar-refractivity contribution in [3.05, 3.63) is 62.9 Å². The molecule has 0 amide bonds. The van der Waals surface area contributed by atoms with Gasteiger partial charge < -0.3 is 10.4 Å². The predicted octanol–water partition coefficient (Wildman–Crippen LogP) is 3.83. The van der Waals surface area contributed by atoms with E-state index in [1.165, 1.54) is 18.2 Å². The lowest BCUT2D eigenvalue weighted by Crippen LogP contribution is -2.03. The van der Waals surface area contributed by atoms with Gasteiger partial charge in [-0.2, -0.15) is 0 Å². The maximum Gasteiger partial charge on any atom is 0.342 e. The van der Waals surface area contributed by atoms with Gasteiger partial charge in [0.2, 0.25) is 0 Å². The van der Waals surface area contributed by atoms with Crippen LogP contribution in [-0.2, 0) is 0 Å². The number of nitrogens with zero attached hydrogens (tertiary/aromatic N) is 1. The van der Waals surface area contributed by atoms with E-state index >= 15 is 0 Å². The lowest BCUT2D eigenvalue weighted by atomic mass is 10.1. The van der Waals surface area contributed by atoms with Crippen molar-refractivity contribution in [2.75, 3.05) is 5.32 Å². The molecule has 0 aromatic heterocycles. The van der Waals surface area contributed by atoms with Crippen LogP contribution in [-0.4, -0.2) is 16.0 Å². The third-order valence-electron chi connectivity index (χ3n) is 2.63. The Morgan fingerprint density at radius 2 is 2.00 bits per heavy atom. The molecule has 0 unspecified atom stereocenters. The molecule has 21 heavy (non-hydrogen) atoms. The van der Waals surface area contributed by atoms with Crippen molar-refractivity contribution >= 4 is 34.6 Å². The zero-order valence-electron chi connectivity index (χ0n) is 10.3. The summed E-state index contributed by atoms with van der Waals surface area (Å²) in [5.74, 6) is -2.04. The second-order valence-electron chi connectivity index (χ2n) is 4.04. The Morgan fingerprint density at radius 3 is 2.57 bits per heavy atom. The lowest BCUT2D eigenvalue weighted by molar-refractivity contribution is -0.385. The number of hydrogen-bond donors (Lipinski definition) is 2. The summed E-state index contributed by atoms with van der Waals surface area (Å²) in [5, 5.41) is 22.6. The monoisotopic (exact) mass is 310 g/mol. The minimum absolute atomic E-state index is 0.0665. The molecule has 2 rings (SSSR count). The number of rotatable bonds is 4. The first-order valence-electron chi connectivity index (χ1n) is 5.62. The summed E-state index contributed by atoms with van der Waals surface area (Å²) in [6.45, 7) is 0. The number of halogens is 2. The van der Waals surface area contributed by atoms with Crippen LogP contribution in [0.2, 0.25) is 5.02 Å². The molecule has 0 saturated carbocycles. The quantitative estimate of drug-likeness (QED) is 0.661. The van der Waals surface area contributed by atoms with Crippen LogP contribution >= 0.6 is 11.6 Å². The predicted molar refractivity (Wildman–Crippen MR) is 74.7 cm³/mol. The average molecular weight is 311 g/mol. The highest BCUT2D eigenvalue weighted by molar-refractivity contribution is 6.30. The normalized spacial score (nSPS) is 10.2. The van der Waals surface area contributed by atoms with Crippen molar-refractivity contribution in [1.82, 2.24) is 0 Å². The van der Waals surface area contributed by atoms with E-state index in [1.54, 1.807) is 0 Å². The number of carbonyl (C=O) groups is 1. The van der Waals surface area contributed by atoms with Crippen LogP contribution in [0.3, 0.4) is 0 Å². The van der Waals surface area contributed by atoms with Crippen molar-refractivity contribution in [1.29, 1.82) is 0 Å². The van der Waals surface area contributed by atoms with Gasteiger partial charge in [0.25, 0.3) is 5.69 Å². The molecule has 0 aliphatic rings. The number of nitro groups is 1. The maximum atomic E-state index is 13.6. The Balaban J connectivity index is 2.39. The molecular weight excluding hydrogens is 303 g/mol. The molecule has 0 fully saturated rings. The second-order valence-corrected chi connectivity index (χ2v) is 4.48. The molecule has 0 aliphatic heterocycles.